The number of esters is 1. The van der Waals surface area contributed by atoms with Crippen molar-refractivity contribution in [2.75, 3.05) is 13.3 Å². The summed E-state index contributed by atoms with van der Waals surface area (Å²) >= 11 is 0. The number of amidine groups is 1. The largest absolute Gasteiger partial charge is 0.464 e. The summed E-state index contributed by atoms with van der Waals surface area (Å²) in [6.07, 6.45) is -0.377. The predicted octanol–water partition coefficient (Wildman–Crippen LogP) is 2.63. The number of nitrogens with one attached hydrogen (secondary N) is 1. The van der Waals surface area contributed by atoms with Crippen LogP contribution in [0.2, 0.25) is 0 Å². The number of nitrogens with zero attached hydrogens (tertiary/aromatic N) is 2. The summed E-state index contributed by atoms with van der Waals surface area (Å²) in [5, 5.41) is 4.15. The minimum absolute atomic E-state index is 0.0472. The molecule has 1 unspecified atom stereocenters. The van der Waals surface area contributed by atoms with Gasteiger partial charge in [0.25, 0.3) is 0 Å². The smallest absolute Gasteiger partial charge is 0.391 e. The van der Waals surface area contributed by atoms with Crippen LogP contribution in [0, 0.1) is 11.8 Å². The summed E-state index contributed by atoms with van der Waals surface area (Å²) in [6, 6.07) is -0.316. The molecule has 1 aliphatic carbocycles. The second kappa shape index (κ2) is 6.57. The molecule has 0 spiro atoms. The second-order valence-corrected chi connectivity index (χ2v) is 6.61. The minimum atomic E-state index is -4.10. The average Bonchev–Trinajstić information content (AvgIpc) is 3.00. The lowest BCUT2D eigenvalue weighted by atomic mass is 9.82. The van der Waals surface area contributed by atoms with E-state index in [9.17, 15) is 18.0 Å². The van der Waals surface area contributed by atoms with E-state index in [-0.39, 0.29) is 37.4 Å². The van der Waals surface area contributed by atoms with Gasteiger partial charge in [0.1, 0.15) is 18.5 Å². The molecule has 0 bridgehead atoms. The molecule has 3 aliphatic rings. The standard InChI is InChI=1S/C15H22F3N3O2/c16-15(17,18)11-6-4-10(5-7-11)8-23-14(22)12-2-1-3-13-20-19-9-21(12)13/h10-12,19H,1-9H2. The van der Waals surface area contributed by atoms with Crippen LogP contribution in [0.1, 0.15) is 44.9 Å². The first-order valence-electron chi connectivity index (χ1n) is 8.24. The van der Waals surface area contributed by atoms with E-state index in [1.54, 1.807) is 0 Å². The highest BCUT2D eigenvalue weighted by atomic mass is 19.4. The summed E-state index contributed by atoms with van der Waals surface area (Å²) in [5.74, 6) is -0.531. The maximum Gasteiger partial charge on any atom is 0.391 e. The topological polar surface area (TPSA) is 53.9 Å². The van der Waals surface area contributed by atoms with Crippen LogP contribution in [0.25, 0.3) is 0 Å². The summed E-state index contributed by atoms with van der Waals surface area (Å²) in [6.45, 7) is 0.749. The number of carbonyl (C=O) groups is 1. The Labute approximate surface area is 133 Å². The molecular weight excluding hydrogens is 311 g/mol. The highest BCUT2D eigenvalue weighted by molar-refractivity contribution is 5.89. The van der Waals surface area contributed by atoms with Gasteiger partial charge >= 0.3 is 12.1 Å². The summed E-state index contributed by atoms with van der Waals surface area (Å²) in [4.78, 5) is 14.2. The molecule has 2 heterocycles. The molecule has 0 amide bonds. The molecule has 8 heteroatoms. The monoisotopic (exact) mass is 333 g/mol. The van der Waals surface area contributed by atoms with Gasteiger partial charge in [0.15, 0.2) is 0 Å². The summed E-state index contributed by atoms with van der Waals surface area (Å²) in [7, 11) is 0. The number of carbonyl (C=O) groups excluding carboxylic acids is 1. The maximum atomic E-state index is 12.6. The number of halogens is 3. The normalized spacial score (nSPS) is 31.2. The van der Waals surface area contributed by atoms with Crippen LogP contribution in [-0.4, -0.2) is 42.2 Å². The highest BCUT2D eigenvalue weighted by Crippen LogP contribution is 2.39. The third-order valence-corrected chi connectivity index (χ3v) is 5.08. The number of hydrazone groups is 1. The van der Waals surface area contributed by atoms with E-state index < -0.39 is 12.1 Å². The van der Waals surface area contributed by atoms with Crippen LogP contribution in [0.15, 0.2) is 5.10 Å². The lowest BCUT2D eigenvalue weighted by molar-refractivity contribution is -0.185. The minimum Gasteiger partial charge on any atom is -0.464 e. The molecule has 0 aromatic rings. The van der Waals surface area contributed by atoms with Gasteiger partial charge in [-0.3, -0.25) is 5.43 Å². The van der Waals surface area contributed by atoms with Crippen molar-refractivity contribution in [3.63, 3.8) is 0 Å². The van der Waals surface area contributed by atoms with E-state index in [1.165, 1.54) is 0 Å². The number of rotatable bonds is 3. The van der Waals surface area contributed by atoms with Gasteiger partial charge in [-0.05, 0) is 44.4 Å². The lowest BCUT2D eigenvalue weighted by Crippen LogP contribution is -2.48. The van der Waals surface area contributed by atoms with E-state index in [1.807, 2.05) is 4.90 Å². The molecule has 0 aromatic carbocycles. The second-order valence-electron chi connectivity index (χ2n) is 6.61. The Morgan fingerprint density at radius 1 is 1.26 bits per heavy atom. The zero-order valence-electron chi connectivity index (χ0n) is 12.9. The summed E-state index contributed by atoms with van der Waals surface area (Å²) in [5.41, 5.74) is 2.87. The van der Waals surface area contributed by atoms with E-state index in [0.717, 1.165) is 25.1 Å². The fraction of sp³-hybridized carbons (Fsp3) is 0.867. The van der Waals surface area contributed by atoms with Gasteiger partial charge in [-0.25, -0.2) is 4.79 Å². The van der Waals surface area contributed by atoms with Crippen molar-refractivity contribution in [3.8, 4) is 0 Å². The predicted molar refractivity (Wildman–Crippen MR) is 77.4 cm³/mol. The van der Waals surface area contributed by atoms with E-state index in [0.29, 0.717) is 19.5 Å². The first kappa shape index (κ1) is 16.4. The molecule has 2 aliphatic heterocycles. The first-order valence-corrected chi connectivity index (χ1v) is 8.24. The van der Waals surface area contributed by atoms with Crippen LogP contribution in [-0.2, 0) is 9.53 Å². The van der Waals surface area contributed by atoms with Crippen molar-refractivity contribution in [1.82, 2.24) is 10.3 Å². The van der Waals surface area contributed by atoms with Crippen LogP contribution >= 0.6 is 0 Å². The zero-order chi connectivity index (χ0) is 16.4. The maximum absolute atomic E-state index is 12.6. The highest BCUT2D eigenvalue weighted by Gasteiger charge is 2.42. The molecule has 0 radical (unpaired) electrons. The van der Waals surface area contributed by atoms with Crippen LogP contribution in [0.5, 0.6) is 0 Å². The van der Waals surface area contributed by atoms with Crippen LogP contribution < -0.4 is 5.43 Å². The van der Waals surface area contributed by atoms with Gasteiger partial charge in [-0.2, -0.15) is 18.3 Å². The Balaban J connectivity index is 1.44. The van der Waals surface area contributed by atoms with Crippen molar-refractivity contribution < 1.29 is 22.7 Å². The fourth-order valence-corrected chi connectivity index (χ4v) is 3.65. The first-order chi connectivity index (χ1) is 10.9. The Morgan fingerprint density at radius 2 is 2.00 bits per heavy atom. The van der Waals surface area contributed by atoms with Crippen molar-refractivity contribution in [2.24, 2.45) is 16.9 Å². The number of fused-ring (bicyclic) bond motifs is 1. The van der Waals surface area contributed by atoms with Gasteiger partial charge in [-0.1, -0.05) is 0 Å². The molecule has 130 valence electrons. The van der Waals surface area contributed by atoms with Crippen molar-refractivity contribution in [2.45, 2.75) is 57.2 Å². The number of alkyl halides is 3. The molecule has 5 nitrogen and oxygen atoms in total. The van der Waals surface area contributed by atoms with Gasteiger partial charge in [-0.15, -0.1) is 0 Å². The number of ether oxygens (including phenoxy) is 1. The van der Waals surface area contributed by atoms with Crippen LogP contribution in [0.4, 0.5) is 13.2 Å². The number of piperidine rings is 1. The quantitative estimate of drug-likeness (QED) is 0.807. The zero-order valence-corrected chi connectivity index (χ0v) is 12.9. The van der Waals surface area contributed by atoms with Crippen molar-refractivity contribution in [3.05, 3.63) is 0 Å². The number of hydrogen-bond acceptors (Lipinski definition) is 5. The fourth-order valence-electron chi connectivity index (χ4n) is 3.65. The third-order valence-electron chi connectivity index (χ3n) is 5.08. The van der Waals surface area contributed by atoms with Gasteiger partial charge < -0.3 is 9.64 Å². The van der Waals surface area contributed by atoms with Crippen LogP contribution in [0.3, 0.4) is 0 Å². The number of hydrogen-bond donors (Lipinski definition) is 1. The lowest BCUT2D eigenvalue weighted by Gasteiger charge is -2.33. The van der Waals surface area contributed by atoms with Gasteiger partial charge in [0.2, 0.25) is 0 Å². The average molecular weight is 333 g/mol. The molecule has 1 atom stereocenters. The third kappa shape index (κ3) is 3.72. The van der Waals surface area contributed by atoms with Gasteiger partial charge in [0, 0.05) is 6.42 Å². The molecule has 2 fully saturated rings. The van der Waals surface area contributed by atoms with Gasteiger partial charge in [0.05, 0.1) is 12.5 Å². The Bertz CT molecular complexity index is 473. The Morgan fingerprint density at radius 3 is 2.70 bits per heavy atom. The van der Waals surface area contributed by atoms with E-state index >= 15 is 0 Å². The molecule has 1 saturated carbocycles. The molecule has 3 rings (SSSR count). The van der Waals surface area contributed by atoms with Crippen molar-refractivity contribution in [1.29, 1.82) is 0 Å². The van der Waals surface area contributed by atoms with Crippen molar-refractivity contribution >= 4 is 11.8 Å². The molecule has 1 saturated heterocycles. The Hall–Kier alpha value is -1.47. The molecular formula is C15H22F3N3O2. The molecule has 23 heavy (non-hydrogen) atoms. The molecule has 0 aromatic heterocycles. The summed E-state index contributed by atoms with van der Waals surface area (Å²) < 4.78 is 43.3. The molecule has 1 N–H and O–H groups in total. The SMILES string of the molecule is O=C(OCC1CCC(C(F)(F)F)CC1)C1CCCC2=NNCN21. The van der Waals surface area contributed by atoms with E-state index in [2.05, 4.69) is 10.5 Å². The Kier molecular flexibility index (Phi) is 4.68. The van der Waals surface area contributed by atoms with E-state index in [4.69, 9.17) is 4.74 Å².